The minimum atomic E-state index is -1.56. The number of rotatable bonds is 2. The van der Waals surface area contributed by atoms with Gasteiger partial charge in [0.05, 0.1) is 0 Å². The van der Waals surface area contributed by atoms with Gasteiger partial charge in [-0.15, -0.1) is 0 Å². The lowest BCUT2D eigenvalue weighted by atomic mass is 10.2. The van der Waals surface area contributed by atoms with Gasteiger partial charge in [-0.1, -0.05) is 0 Å². The predicted molar refractivity (Wildman–Crippen MR) is 57.3 cm³/mol. The van der Waals surface area contributed by atoms with E-state index in [0.717, 1.165) is 5.69 Å². The normalized spacial score (nSPS) is 9.38. The molecule has 6 nitrogen and oxygen atoms in total. The van der Waals surface area contributed by atoms with E-state index in [9.17, 15) is 9.59 Å². The van der Waals surface area contributed by atoms with E-state index in [0.29, 0.717) is 5.56 Å². The van der Waals surface area contributed by atoms with Crippen LogP contribution in [0.25, 0.3) is 0 Å². The zero-order chi connectivity index (χ0) is 12.1. The summed E-state index contributed by atoms with van der Waals surface area (Å²) in [6.07, 6.45) is -1.56. The molecular formula is C10H12N2O4. The molecule has 0 aromatic heterocycles. The fourth-order valence-electron chi connectivity index (χ4n) is 1.06. The number of hydrogen-bond acceptors (Lipinski definition) is 4. The van der Waals surface area contributed by atoms with Crippen molar-refractivity contribution in [3.05, 3.63) is 29.8 Å². The highest BCUT2D eigenvalue weighted by atomic mass is 16.8. The van der Waals surface area contributed by atoms with Crippen molar-refractivity contribution in [3.63, 3.8) is 0 Å². The molecule has 2 N–H and O–H groups in total. The molecule has 1 rings (SSSR count). The molecule has 0 radical (unpaired) electrons. The third kappa shape index (κ3) is 3.16. The quantitative estimate of drug-likeness (QED) is 0.735. The molecule has 16 heavy (non-hydrogen) atoms. The van der Waals surface area contributed by atoms with E-state index in [4.69, 9.17) is 5.11 Å². The lowest BCUT2D eigenvalue weighted by Crippen LogP contribution is -2.26. The fraction of sp³-hybridized carbons (Fsp3) is 0.200. The van der Waals surface area contributed by atoms with Crippen LogP contribution in [0.4, 0.5) is 10.5 Å². The van der Waals surface area contributed by atoms with Crippen molar-refractivity contribution in [3.8, 4) is 0 Å². The van der Waals surface area contributed by atoms with Gasteiger partial charge in [0.2, 0.25) is 0 Å². The maximum atomic E-state index is 11.3. The van der Waals surface area contributed by atoms with Crippen molar-refractivity contribution in [1.82, 2.24) is 5.48 Å². The number of nitrogens with zero attached hydrogens (tertiary/aromatic N) is 1. The Morgan fingerprint density at radius 1 is 1.25 bits per heavy atom. The van der Waals surface area contributed by atoms with Crippen molar-refractivity contribution < 1.29 is 19.5 Å². The van der Waals surface area contributed by atoms with Crippen molar-refractivity contribution >= 4 is 17.7 Å². The largest absolute Gasteiger partial charge is 0.530 e. The summed E-state index contributed by atoms with van der Waals surface area (Å²) >= 11 is 0. The Labute approximate surface area is 92.4 Å². The van der Waals surface area contributed by atoms with E-state index in [2.05, 4.69) is 4.84 Å². The summed E-state index contributed by atoms with van der Waals surface area (Å²) in [5.41, 5.74) is 3.06. The van der Waals surface area contributed by atoms with Gasteiger partial charge in [-0.2, -0.15) is 5.48 Å². The Hall–Kier alpha value is -2.24. The number of anilines is 1. The lowest BCUT2D eigenvalue weighted by molar-refractivity contribution is 0.0350. The first-order chi connectivity index (χ1) is 7.50. The number of carbonyl (C=O) groups excluding carboxylic acids is 1. The van der Waals surface area contributed by atoms with E-state index in [1.165, 1.54) is 0 Å². The number of nitrogens with one attached hydrogen (secondary N) is 1. The van der Waals surface area contributed by atoms with Gasteiger partial charge in [0.25, 0.3) is 5.91 Å². The monoisotopic (exact) mass is 224 g/mol. The summed E-state index contributed by atoms with van der Waals surface area (Å²) in [4.78, 5) is 27.2. The van der Waals surface area contributed by atoms with Crippen LogP contribution in [0, 0.1) is 0 Å². The van der Waals surface area contributed by atoms with Crippen molar-refractivity contribution in [2.45, 2.75) is 0 Å². The van der Waals surface area contributed by atoms with Crippen molar-refractivity contribution in [2.75, 3.05) is 19.0 Å². The minimum Gasteiger partial charge on any atom is -0.448 e. The second-order valence-corrected chi connectivity index (χ2v) is 3.24. The van der Waals surface area contributed by atoms with Gasteiger partial charge >= 0.3 is 6.16 Å². The third-order valence-corrected chi connectivity index (χ3v) is 1.88. The highest BCUT2D eigenvalue weighted by Crippen LogP contribution is 2.11. The summed E-state index contributed by atoms with van der Waals surface area (Å²) in [7, 11) is 3.76. The van der Waals surface area contributed by atoms with Gasteiger partial charge in [-0.25, -0.2) is 4.79 Å². The van der Waals surface area contributed by atoms with Gasteiger partial charge < -0.3 is 14.8 Å². The molecule has 0 aliphatic rings. The van der Waals surface area contributed by atoms with E-state index in [-0.39, 0.29) is 0 Å². The van der Waals surface area contributed by atoms with Crippen LogP contribution < -0.4 is 10.4 Å². The van der Waals surface area contributed by atoms with E-state index < -0.39 is 12.1 Å². The molecule has 0 saturated carbocycles. The van der Waals surface area contributed by atoms with Crippen molar-refractivity contribution in [2.24, 2.45) is 0 Å². The Bertz CT molecular complexity index is 386. The molecule has 1 aromatic rings. The Kier molecular flexibility index (Phi) is 3.71. The zero-order valence-corrected chi connectivity index (χ0v) is 8.93. The molecule has 1 amide bonds. The number of hydrogen-bond donors (Lipinski definition) is 2. The average Bonchev–Trinajstić information content (AvgIpc) is 2.26. The number of benzene rings is 1. The average molecular weight is 224 g/mol. The predicted octanol–water partition coefficient (Wildman–Crippen LogP) is 1.09. The third-order valence-electron chi connectivity index (χ3n) is 1.88. The molecule has 0 bridgehead atoms. The first-order valence-corrected chi connectivity index (χ1v) is 4.48. The summed E-state index contributed by atoms with van der Waals surface area (Å²) in [6.45, 7) is 0. The van der Waals surface area contributed by atoms with Crippen LogP contribution in [0.15, 0.2) is 24.3 Å². The Morgan fingerprint density at radius 3 is 2.25 bits per heavy atom. The van der Waals surface area contributed by atoms with Crippen LogP contribution in [0.5, 0.6) is 0 Å². The fourth-order valence-corrected chi connectivity index (χ4v) is 1.06. The molecule has 0 spiro atoms. The molecule has 0 atom stereocenters. The van der Waals surface area contributed by atoms with Gasteiger partial charge in [0, 0.05) is 25.3 Å². The number of carbonyl (C=O) groups is 2. The second-order valence-electron chi connectivity index (χ2n) is 3.24. The first-order valence-electron chi connectivity index (χ1n) is 4.48. The Morgan fingerprint density at radius 2 is 1.81 bits per heavy atom. The van der Waals surface area contributed by atoms with Crippen LogP contribution >= 0.6 is 0 Å². The maximum absolute atomic E-state index is 11.3. The van der Waals surface area contributed by atoms with E-state index >= 15 is 0 Å². The maximum Gasteiger partial charge on any atom is 0.530 e. The van der Waals surface area contributed by atoms with E-state index in [1.807, 2.05) is 19.0 Å². The Balaban J connectivity index is 2.66. The summed E-state index contributed by atoms with van der Waals surface area (Å²) in [5.74, 6) is -0.604. The molecule has 0 aliphatic carbocycles. The van der Waals surface area contributed by atoms with Gasteiger partial charge in [-0.05, 0) is 24.3 Å². The molecule has 0 heterocycles. The smallest absolute Gasteiger partial charge is 0.448 e. The second kappa shape index (κ2) is 5.01. The highest BCUT2D eigenvalue weighted by molar-refractivity contribution is 5.94. The highest BCUT2D eigenvalue weighted by Gasteiger charge is 2.07. The molecule has 0 fully saturated rings. The molecule has 6 heteroatoms. The number of carboxylic acid groups (broad SMARTS) is 1. The molecule has 0 unspecified atom stereocenters. The summed E-state index contributed by atoms with van der Waals surface area (Å²) < 4.78 is 0. The molecular weight excluding hydrogens is 212 g/mol. The van der Waals surface area contributed by atoms with Crippen LogP contribution in [-0.2, 0) is 4.84 Å². The molecule has 0 saturated heterocycles. The zero-order valence-electron chi connectivity index (χ0n) is 8.93. The lowest BCUT2D eigenvalue weighted by Gasteiger charge is -2.12. The van der Waals surface area contributed by atoms with Crippen LogP contribution in [0.3, 0.4) is 0 Å². The van der Waals surface area contributed by atoms with Crippen LogP contribution in [0.1, 0.15) is 10.4 Å². The van der Waals surface area contributed by atoms with Gasteiger partial charge in [0.15, 0.2) is 0 Å². The summed E-state index contributed by atoms with van der Waals surface area (Å²) in [6, 6.07) is 6.65. The standard InChI is InChI=1S/C10H12N2O4/c1-12(2)8-5-3-7(4-6-8)9(13)11-16-10(14)15/h3-6H,1-2H3,(H,11,13)(H,14,15). The van der Waals surface area contributed by atoms with Crippen LogP contribution in [0.2, 0.25) is 0 Å². The molecule has 0 aliphatic heterocycles. The van der Waals surface area contributed by atoms with Gasteiger partial charge in [0.1, 0.15) is 0 Å². The molecule has 86 valence electrons. The SMILES string of the molecule is CN(C)c1ccc(C(=O)NOC(=O)O)cc1. The van der Waals surface area contributed by atoms with Crippen molar-refractivity contribution in [1.29, 1.82) is 0 Å². The molecule has 1 aromatic carbocycles. The van der Waals surface area contributed by atoms with Crippen LogP contribution in [-0.4, -0.2) is 31.3 Å². The first kappa shape index (κ1) is 11.8. The number of amides is 1. The van der Waals surface area contributed by atoms with Gasteiger partial charge in [-0.3, -0.25) is 4.79 Å². The van der Waals surface area contributed by atoms with E-state index in [1.54, 1.807) is 29.7 Å². The number of hydroxylamine groups is 1. The summed E-state index contributed by atoms with van der Waals surface area (Å²) in [5, 5.41) is 8.18. The topological polar surface area (TPSA) is 78.9 Å². The minimum absolute atomic E-state index is 0.326.